The molecule has 1 amide bonds. The van der Waals surface area contributed by atoms with E-state index in [1.807, 2.05) is 0 Å². The molecule has 19 heavy (non-hydrogen) atoms. The van der Waals surface area contributed by atoms with Crippen molar-refractivity contribution < 1.29 is 14.3 Å². The smallest absolute Gasteiger partial charge is 0.228 e. The number of nitrogens with zero attached hydrogens (tertiary/aromatic N) is 1. The standard InChI is InChI=1S/C14H20N2O3/c1-9(2)8-19-11-7-16-12(18-3)6-10(11)14(4-5-14)13(15)17/h6-7,9H,4-5,8H2,1-3H3,(H2,15,17). The average molecular weight is 264 g/mol. The summed E-state index contributed by atoms with van der Waals surface area (Å²) in [6.45, 7) is 4.71. The summed E-state index contributed by atoms with van der Waals surface area (Å²) in [5, 5.41) is 0. The molecule has 0 saturated heterocycles. The van der Waals surface area contributed by atoms with Gasteiger partial charge in [0, 0.05) is 11.6 Å². The van der Waals surface area contributed by atoms with E-state index in [-0.39, 0.29) is 5.91 Å². The van der Waals surface area contributed by atoms with Crippen molar-refractivity contribution in [3.8, 4) is 11.6 Å². The van der Waals surface area contributed by atoms with Crippen LogP contribution in [0.25, 0.3) is 0 Å². The summed E-state index contributed by atoms with van der Waals surface area (Å²) in [4.78, 5) is 15.8. The fourth-order valence-corrected chi connectivity index (χ4v) is 2.05. The summed E-state index contributed by atoms with van der Waals surface area (Å²) in [5.41, 5.74) is 5.73. The van der Waals surface area contributed by atoms with Gasteiger partial charge in [-0.2, -0.15) is 0 Å². The molecule has 0 spiro atoms. The zero-order valence-corrected chi connectivity index (χ0v) is 11.6. The van der Waals surface area contributed by atoms with Gasteiger partial charge in [-0.3, -0.25) is 4.79 Å². The van der Waals surface area contributed by atoms with Gasteiger partial charge in [0.25, 0.3) is 0 Å². The molecule has 0 atom stereocenters. The number of hydrogen-bond donors (Lipinski definition) is 1. The molecule has 0 aliphatic heterocycles. The van der Waals surface area contributed by atoms with Crippen LogP contribution in [0.15, 0.2) is 12.3 Å². The summed E-state index contributed by atoms with van der Waals surface area (Å²) in [5.74, 6) is 1.19. The molecule has 2 N–H and O–H groups in total. The Bertz CT molecular complexity index is 482. The minimum atomic E-state index is -0.595. The molecule has 5 nitrogen and oxygen atoms in total. The maximum absolute atomic E-state index is 11.7. The van der Waals surface area contributed by atoms with Gasteiger partial charge in [0.15, 0.2) is 0 Å². The van der Waals surface area contributed by atoms with Crippen molar-refractivity contribution in [2.24, 2.45) is 11.7 Å². The molecule has 2 rings (SSSR count). The monoisotopic (exact) mass is 264 g/mol. The molecular weight excluding hydrogens is 244 g/mol. The number of carbonyl (C=O) groups is 1. The Balaban J connectivity index is 2.35. The summed E-state index contributed by atoms with van der Waals surface area (Å²) >= 11 is 0. The Morgan fingerprint density at radius 1 is 1.53 bits per heavy atom. The molecule has 1 aromatic rings. The molecule has 1 saturated carbocycles. The second-order valence-corrected chi connectivity index (χ2v) is 5.37. The Morgan fingerprint density at radius 3 is 2.68 bits per heavy atom. The van der Waals surface area contributed by atoms with Gasteiger partial charge in [-0.25, -0.2) is 4.98 Å². The van der Waals surface area contributed by atoms with Gasteiger partial charge < -0.3 is 15.2 Å². The fourth-order valence-electron chi connectivity index (χ4n) is 2.05. The lowest BCUT2D eigenvalue weighted by atomic mass is 9.95. The van der Waals surface area contributed by atoms with E-state index in [9.17, 15) is 4.79 Å². The molecule has 5 heteroatoms. The molecular formula is C14H20N2O3. The number of hydrogen-bond acceptors (Lipinski definition) is 4. The van der Waals surface area contributed by atoms with Gasteiger partial charge in [0.1, 0.15) is 5.75 Å². The number of rotatable bonds is 6. The van der Waals surface area contributed by atoms with Crippen LogP contribution >= 0.6 is 0 Å². The van der Waals surface area contributed by atoms with E-state index in [4.69, 9.17) is 15.2 Å². The normalized spacial score (nSPS) is 16.2. The van der Waals surface area contributed by atoms with Crippen LogP contribution in [0.4, 0.5) is 0 Å². The molecule has 1 fully saturated rings. The van der Waals surface area contributed by atoms with Crippen molar-refractivity contribution in [2.45, 2.75) is 32.1 Å². The van der Waals surface area contributed by atoms with Crippen molar-refractivity contribution in [3.05, 3.63) is 17.8 Å². The largest absolute Gasteiger partial charge is 0.491 e. The van der Waals surface area contributed by atoms with Crippen molar-refractivity contribution in [3.63, 3.8) is 0 Å². The van der Waals surface area contributed by atoms with Crippen molar-refractivity contribution in [2.75, 3.05) is 13.7 Å². The molecule has 0 radical (unpaired) electrons. The lowest BCUT2D eigenvalue weighted by Crippen LogP contribution is -2.29. The van der Waals surface area contributed by atoms with Crippen molar-refractivity contribution in [1.29, 1.82) is 0 Å². The minimum absolute atomic E-state index is 0.310. The summed E-state index contributed by atoms with van der Waals surface area (Å²) in [7, 11) is 1.55. The first-order chi connectivity index (χ1) is 8.99. The molecule has 0 unspecified atom stereocenters. The Hall–Kier alpha value is -1.78. The Labute approximate surface area is 113 Å². The SMILES string of the molecule is COc1cc(C2(C(N)=O)CC2)c(OCC(C)C)cn1. The molecule has 1 aliphatic rings. The molecule has 0 bridgehead atoms. The quantitative estimate of drug-likeness (QED) is 0.847. The second-order valence-electron chi connectivity index (χ2n) is 5.37. The van der Waals surface area contributed by atoms with Crippen molar-refractivity contribution in [1.82, 2.24) is 4.98 Å². The molecule has 1 aliphatic carbocycles. The van der Waals surface area contributed by atoms with Gasteiger partial charge in [-0.15, -0.1) is 0 Å². The summed E-state index contributed by atoms with van der Waals surface area (Å²) in [6.07, 6.45) is 3.13. The van der Waals surface area contributed by atoms with Crippen LogP contribution < -0.4 is 15.2 Å². The first kappa shape index (κ1) is 13.6. The van der Waals surface area contributed by atoms with Crippen LogP contribution in [-0.2, 0) is 10.2 Å². The van der Waals surface area contributed by atoms with Crippen LogP contribution in [0.3, 0.4) is 0 Å². The lowest BCUT2D eigenvalue weighted by Gasteiger charge is -2.18. The van der Waals surface area contributed by atoms with Crippen LogP contribution in [0.2, 0.25) is 0 Å². The predicted octanol–water partition coefficient (Wildman–Crippen LogP) is 1.64. The number of amides is 1. The van der Waals surface area contributed by atoms with Crippen molar-refractivity contribution >= 4 is 5.91 Å². The van der Waals surface area contributed by atoms with Crippen LogP contribution in [0.1, 0.15) is 32.3 Å². The zero-order chi connectivity index (χ0) is 14.0. The number of methoxy groups -OCH3 is 1. The maximum atomic E-state index is 11.7. The fraction of sp³-hybridized carbons (Fsp3) is 0.571. The zero-order valence-electron chi connectivity index (χ0n) is 11.6. The topological polar surface area (TPSA) is 74.4 Å². The Kier molecular flexibility index (Phi) is 3.64. The van der Waals surface area contributed by atoms with E-state index in [1.165, 1.54) is 0 Å². The van der Waals surface area contributed by atoms with Crippen LogP contribution in [0.5, 0.6) is 11.6 Å². The number of nitrogens with two attached hydrogens (primary N) is 1. The van der Waals surface area contributed by atoms with Gasteiger partial charge in [0.05, 0.1) is 25.3 Å². The third-order valence-corrected chi connectivity index (χ3v) is 3.36. The summed E-state index contributed by atoms with van der Waals surface area (Å²) < 4.78 is 10.9. The highest BCUT2D eigenvalue weighted by molar-refractivity contribution is 5.90. The van der Waals surface area contributed by atoms with E-state index in [0.717, 1.165) is 18.4 Å². The van der Waals surface area contributed by atoms with Gasteiger partial charge in [0.2, 0.25) is 11.8 Å². The molecule has 104 valence electrons. The number of primary amides is 1. The Morgan fingerprint density at radius 2 is 2.21 bits per heavy atom. The van der Waals surface area contributed by atoms with Crippen LogP contribution in [0, 0.1) is 5.92 Å². The predicted molar refractivity (Wildman–Crippen MR) is 71.2 cm³/mol. The molecule has 1 heterocycles. The third kappa shape index (κ3) is 2.64. The number of ether oxygens (including phenoxy) is 2. The number of carbonyl (C=O) groups excluding carboxylic acids is 1. The van der Waals surface area contributed by atoms with E-state index >= 15 is 0 Å². The van der Waals surface area contributed by atoms with Gasteiger partial charge in [-0.1, -0.05) is 13.8 Å². The first-order valence-corrected chi connectivity index (χ1v) is 6.47. The summed E-state index contributed by atoms with van der Waals surface area (Å²) in [6, 6.07) is 1.76. The highest BCUT2D eigenvalue weighted by atomic mass is 16.5. The van der Waals surface area contributed by atoms with E-state index < -0.39 is 5.41 Å². The first-order valence-electron chi connectivity index (χ1n) is 6.47. The highest BCUT2D eigenvalue weighted by Gasteiger charge is 2.52. The van der Waals surface area contributed by atoms with E-state index in [1.54, 1.807) is 19.4 Å². The maximum Gasteiger partial charge on any atom is 0.228 e. The van der Waals surface area contributed by atoms with E-state index in [0.29, 0.717) is 24.2 Å². The van der Waals surface area contributed by atoms with Gasteiger partial charge in [-0.05, 0) is 18.8 Å². The number of pyridine rings is 1. The van der Waals surface area contributed by atoms with Gasteiger partial charge >= 0.3 is 0 Å². The second kappa shape index (κ2) is 5.07. The third-order valence-electron chi connectivity index (χ3n) is 3.36. The highest BCUT2D eigenvalue weighted by Crippen LogP contribution is 2.51. The van der Waals surface area contributed by atoms with E-state index in [2.05, 4.69) is 18.8 Å². The molecule has 0 aromatic carbocycles. The minimum Gasteiger partial charge on any atom is -0.491 e. The number of aromatic nitrogens is 1. The molecule has 1 aromatic heterocycles. The average Bonchev–Trinajstić information content (AvgIpc) is 3.17. The lowest BCUT2D eigenvalue weighted by molar-refractivity contribution is -0.120. The van der Waals surface area contributed by atoms with Crippen LogP contribution in [-0.4, -0.2) is 24.6 Å².